The molecule has 0 unspecified atom stereocenters. The van der Waals surface area contributed by atoms with E-state index in [0.29, 0.717) is 11.5 Å². The first-order valence-electron chi connectivity index (χ1n) is 7.79. The molecule has 0 spiro atoms. The van der Waals surface area contributed by atoms with Gasteiger partial charge in [0.05, 0.1) is 6.20 Å². The van der Waals surface area contributed by atoms with E-state index in [9.17, 15) is 4.79 Å². The molecular formula is C16H22N6O. The van der Waals surface area contributed by atoms with Crippen molar-refractivity contribution in [2.45, 2.75) is 39.2 Å². The molecule has 122 valence electrons. The Morgan fingerprint density at radius 1 is 1.30 bits per heavy atom. The van der Waals surface area contributed by atoms with E-state index in [1.807, 2.05) is 16.8 Å². The van der Waals surface area contributed by atoms with Gasteiger partial charge in [-0.05, 0) is 18.6 Å². The summed E-state index contributed by atoms with van der Waals surface area (Å²) in [4.78, 5) is 16.7. The first-order chi connectivity index (χ1) is 10.9. The highest BCUT2D eigenvalue weighted by Gasteiger charge is 2.18. The fourth-order valence-electron chi connectivity index (χ4n) is 2.46. The monoisotopic (exact) mass is 314 g/mol. The van der Waals surface area contributed by atoms with Gasteiger partial charge in [0.15, 0.2) is 0 Å². The van der Waals surface area contributed by atoms with Crippen LogP contribution in [-0.4, -0.2) is 27.3 Å². The Kier molecular flexibility index (Phi) is 3.94. The Labute approximate surface area is 135 Å². The molecule has 0 atom stereocenters. The number of urea groups is 1. The standard InChI is InChI=1S/C16H22N6O/c1-16(2,3)12-6-4-7-13(20-12)21-15(23)19-11-10-18-22-9-5-8-17-14(11)22/h4,6-7,10,17H,5,8-9H2,1-3H3,(H2,19,20,21,23). The van der Waals surface area contributed by atoms with Crippen LogP contribution in [-0.2, 0) is 12.0 Å². The summed E-state index contributed by atoms with van der Waals surface area (Å²) in [5.74, 6) is 1.38. The van der Waals surface area contributed by atoms with Crippen molar-refractivity contribution in [3.05, 3.63) is 30.1 Å². The second-order valence-corrected chi connectivity index (χ2v) is 6.65. The van der Waals surface area contributed by atoms with Crippen LogP contribution in [0.5, 0.6) is 0 Å². The summed E-state index contributed by atoms with van der Waals surface area (Å²) in [6, 6.07) is 5.31. The normalized spacial score (nSPS) is 13.9. The largest absolute Gasteiger partial charge is 0.368 e. The average molecular weight is 314 g/mol. The summed E-state index contributed by atoms with van der Waals surface area (Å²) in [5.41, 5.74) is 1.54. The summed E-state index contributed by atoms with van der Waals surface area (Å²) in [5, 5.41) is 13.1. The Balaban J connectivity index is 1.69. The predicted octanol–water partition coefficient (Wildman–Crippen LogP) is 3.04. The molecule has 23 heavy (non-hydrogen) atoms. The third kappa shape index (κ3) is 3.44. The van der Waals surface area contributed by atoms with Gasteiger partial charge < -0.3 is 10.6 Å². The van der Waals surface area contributed by atoms with Crippen LogP contribution in [0.25, 0.3) is 0 Å². The van der Waals surface area contributed by atoms with Gasteiger partial charge in [-0.1, -0.05) is 26.8 Å². The third-order valence-electron chi connectivity index (χ3n) is 3.69. The minimum Gasteiger partial charge on any atom is -0.368 e. The fourth-order valence-corrected chi connectivity index (χ4v) is 2.46. The zero-order valence-electron chi connectivity index (χ0n) is 13.7. The van der Waals surface area contributed by atoms with Crippen molar-refractivity contribution in [3.63, 3.8) is 0 Å². The maximum atomic E-state index is 12.2. The SMILES string of the molecule is CC(C)(C)c1cccc(NC(=O)Nc2cnn3c2NCCC3)n1. The number of aromatic nitrogens is 3. The first-order valence-corrected chi connectivity index (χ1v) is 7.79. The van der Waals surface area contributed by atoms with Crippen molar-refractivity contribution in [1.82, 2.24) is 14.8 Å². The number of nitrogens with one attached hydrogen (secondary N) is 3. The van der Waals surface area contributed by atoms with Crippen LogP contribution >= 0.6 is 0 Å². The molecule has 1 aliphatic rings. The van der Waals surface area contributed by atoms with E-state index in [1.165, 1.54) is 0 Å². The molecule has 0 fully saturated rings. The van der Waals surface area contributed by atoms with Crippen molar-refractivity contribution in [3.8, 4) is 0 Å². The molecule has 0 saturated carbocycles. The predicted molar refractivity (Wildman–Crippen MR) is 90.9 cm³/mol. The number of carbonyl (C=O) groups is 1. The number of fused-ring (bicyclic) bond motifs is 1. The highest BCUT2D eigenvalue weighted by Crippen LogP contribution is 2.24. The lowest BCUT2D eigenvalue weighted by molar-refractivity contribution is 0.262. The minimum atomic E-state index is -0.327. The molecule has 0 radical (unpaired) electrons. The lowest BCUT2D eigenvalue weighted by Crippen LogP contribution is -2.23. The van der Waals surface area contributed by atoms with E-state index in [-0.39, 0.29) is 11.4 Å². The van der Waals surface area contributed by atoms with Gasteiger partial charge in [0.2, 0.25) is 0 Å². The van der Waals surface area contributed by atoms with E-state index in [0.717, 1.165) is 31.0 Å². The molecule has 3 heterocycles. The Bertz CT molecular complexity index is 716. The Hall–Kier alpha value is -2.57. The van der Waals surface area contributed by atoms with Gasteiger partial charge in [0.25, 0.3) is 0 Å². The van der Waals surface area contributed by atoms with Gasteiger partial charge in [-0.3, -0.25) is 5.32 Å². The molecule has 2 amide bonds. The van der Waals surface area contributed by atoms with E-state index in [1.54, 1.807) is 12.3 Å². The molecule has 3 N–H and O–H groups in total. The quantitative estimate of drug-likeness (QED) is 0.795. The first kappa shape index (κ1) is 15.3. The van der Waals surface area contributed by atoms with Crippen molar-refractivity contribution in [2.75, 3.05) is 22.5 Å². The lowest BCUT2D eigenvalue weighted by atomic mass is 9.92. The maximum Gasteiger partial charge on any atom is 0.324 e. The zero-order valence-corrected chi connectivity index (χ0v) is 13.7. The minimum absolute atomic E-state index is 0.0661. The van der Waals surface area contributed by atoms with Gasteiger partial charge >= 0.3 is 6.03 Å². The lowest BCUT2D eigenvalue weighted by Gasteiger charge is -2.19. The Morgan fingerprint density at radius 2 is 2.13 bits per heavy atom. The molecule has 7 heteroatoms. The topological polar surface area (TPSA) is 83.9 Å². The fraction of sp³-hybridized carbons (Fsp3) is 0.438. The molecule has 7 nitrogen and oxygen atoms in total. The van der Waals surface area contributed by atoms with Crippen LogP contribution in [0.1, 0.15) is 32.9 Å². The molecule has 0 aromatic carbocycles. The van der Waals surface area contributed by atoms with Gasteiger partial charge in [-0.15, -0.1) is 0 Å². The van der Waals surface area contributed by atoms with Crippen LogP contribution in [0.2, 0.25) is 0 Å². The summed E-state index contributed by atoms with van der Waals surface area (Å²) in [6.07, 6.45) is 2.69. The third-order valence-corrected chi connectivity index (χ3v) is 3.69. The molecule has 2 aromatic heterocycles. The highest BCUT2D eigenvalue weighted by molar-refractivity contribution is 6.00. The van der Waals surface area contributed by atoms with E-state index < -0.39 is 0 Å². The van der Waals surface area contributed by atoms with Crippen LogP contribution < -0.4 is 16.0 Å². The number of hydrogen-bond acceptors (Lipinski definition) is 4. The van der Waals surface area contributed by atoms with Gasteiger partial charge in [-0.25, -0.2) is 14.5 Å². The summed E-state index contributed by atoms with van der Waals surface area (Å²) < 4.78 is 1.86. The van der Waals surface area contributed by atoms with Crippen LogP contribution in [0.15, 0.2) is 24.4 Å². The van der Waals surface area contributed by atoms with Crippen LogP contribution in [0.4, 0.5) is 22.1 Å². The van der Waals surface area contributed by atoms with Crippen molar-refractivity contribution >= 4 is 23.4 Å². The number of anilines is 3. The molecule has 2 aromatic rings. The molecule has 0 saturated heterocycles. The Morgan fingerprint density at radius 3 is 2.91 bits per heavy atom. The van der Waals surface area contributed by atoms with Crippen molar-refractivity contribution in [2.24, 2.45) is 0 Å². The summed E-state index contributed by atoms with van der Waals surface area (Å²) in [7, 11) is 0. The van der Waals surface area contributed by atoms with Crippen LogP contribution in [0, 0.1) is 0 Å². The second kappa shape index (κ2) is 5.91. The van der Waals surface area contributed by atoms with Gasteiger partial charge in [0, 0.05) is 24.2 Å². The van der Waals surface area contributed by atoms with E-state index in [4.69, 9.17) is 0 Å². The maximum absolute atomic E-state index is 12.2. The number of aryl methyl sites for hydroxylation is 1. The number of carbonyl (C=O) groups excluding carboxylic acids is 1. The van der Waals surface area contributed by atoms with Crippen molar-refractivity contribution in [1.29, 1.82) is 0 Å². The van der Waals surface area contributed by atoms with E-state index >= 15 is 0 Å². The number of pyridine rings is 1. The molecule has 0 bridgehead atoms. The highest BCUT2D eigenvalue weighted by atomic mass is 16.2. The summed E-state index contributed by atoms with van der Waals surface area (Å²) in [6.45, 7) is 8.01. The smallest absolute Gasteiger partial charge is 0.324 e. The van der Waals surface area contributed by atoms with E-state index in [2.05, 4.69) is 46.8 Å². The molecular weight excluding hydrogens is 292 g/mol. The number of hydrogen-bond donors (Lipinski definition) is 3. The number of nitrogens with zero attached hydrogens (tertiary/aromatic N) is 3. The van der Waals surface area contributed by atoms with Gasteiger partial charge in [-0.2, -0.15) is 5.10 Å². The number of rotatable bonds is 2. The van der Waals surface area contributed by atoms with Crippen molar-refractivity contribution < 1.29 is 4.79 Å². The molecule has 0 aliphatic carbocycles. The van der Waals surface area contributed by atoms with Crippen LogP contribution in [0.3, 0.4) is 0 Å². The second-order valence-electron chi connectivity index (χ2n) is 6.65. The van der Waals surface area contributed by atoms with Gasteiger partial charge in [0.1, 0.15) is 17.3 Å². The number of amides is 2. The average Bonchev–Trinajstić information content (AvgIpc) is 2.90. The molecule has 3 rings (SSSR count). The summed E-state index contributed by atoms with van der Waals surface area (Å²) >= 11 is 0. The molecule has 1 aliphatic heterocycles. The zero-order chi connectivity index (χ0) is 16.4.